The van der Waals surface area contributed by atoms with Crippen molar-refractivity contribution in [3.8, 4) is 0 Å². The van der Waals surface area contributed by atoms with Gasteiger partial charge in [0.1, 0.15) is 6.61 Å². The number of hydrogen-bond donors (Lipinski definition) is 1. The van der Waals surface area contributed by atoms with E-state index in [-0.39, 0.29) is 16.9 Å². The Labute approximate surface area is 129 Å². The normalized spacial score (nSPS) is 11.0. The molecule has 0 amide bonds. The number of carbonyl (C=O) groups excluding carboxylic acids is 1. The molecule has 2 aromatic rings. The van der Waals surface area contributed by atoms with Gasteiger partial charge in [0.2, 0.25) is 0 Å². The summed E-state index contributed by atoms with van der Waals surface area (Å²) in [5, 5.41) is 0. The molecule has 112 valence electrons. The quantitative estimate of drug-likeness (QED) is 0.630. The molecule has 0 aromatic heterocycles. The second-order valence-electron chi connectivity index (χ2n) is 4.74. The monoisotopic (exact) mass is 302 g/mol. The Morgan fingerprint density at radius 1 is 0.952 bits per heavy atom. The van der Waals surface area contributed by atoms with Gasteiger partial charge in [-0.05, 0) is 34.6 Å². The van der Waals surface area contributed by atoms with E-state index in [9.17, 15) is 4.79 Å². The summed E-state index contributed by atoms with van der Waals surface area (Å²) < 4.78 is 5.47. The molecule has 0 spiro atoms. The third kappa shape index (κ3) is 4.11. The molecule has 21 heavy (non-hydrogen) atoms. The van der Waals surface area contributed by atoms with Crippen LogP contribution in [0.4, 0.5) is 0 Å². The van der Waals surface area contributed by atoms with Gasteiger partial charge in [-0.3, -0.25) is 0 Å². The van der Waals surface area contributed by atoms with Gasteiger partial charge < -0.3 is 4.74 Å². The Hall–Kier alpha value is -1.74. The number of benzene rings is 2. The highest BCUT2D eigenvalue weighted by Gasteiger charge is 2.11. The summed E-state index contributed by atoms with van der Waals surface area (Å²) in [5.41, 5.74) is 1.74. The van der Waals surface area contributed by atoms with Crippen LogP contribution in [0.2, 0.25) is 0 Å². The van der Waals surface area contributed by atoms with Gasteiger partial charge in [-0.25, -0.2) is 15.7 Å². The van der Waals surface area contributed by atoms with Crippen LogP contribution in [0.25, 0.3) is 0 Å². The van der Waals surface area contributed by atoms with E-state index in [0.717, 1.165) is 17.1 Å². The maximum atomic E-state index is 12.0. The lowest BCUT2D eigenvalue weighted by molar-refractivity contribution is 0.0470. The Kier molecular flexibility index (Phi) is 5.88. The molecule has 0 fully saturated rings. The zero-order valence-corrected chi connectivity index (χ0v) is 13.5. The van der Waals surface area contributed by atoms with Gasteiger partial charge in [-0.2, -0.15) is 0 Å². The first kappa shape index (κ1) is 15.6. The fraction of sp³-hybridized carbons (Fsp3) is 0.278. The van der Waals surface area contributed by atoms with Gasteiger partial charge in [0.25, 0.3) is 0 Å². The summed E-state index contributed by atoms with van der Waals surface area (Å²) in [6.45, 7) is 4.80. The molecule has 0 radical (unpaired) electrons. The third-order valence-electron chi connectivity index (χ3n) is 3.46. The number of esters is 1. The third-order valence-corrected chi connectivity index (χ3v) is 6.11. The van der Waals surface area contributed by atoms with Crippen molar-refractivity contribution in [3.63, 3.8) is 0 Å². The lowest BCUT2D eigenvalue weighted by atomic mass is 10.2. The lowest BCUT2D eigenvalue weighted by Gasteiger charge is -2.21. The smallest absolute Gasteiger partial charge is 0.338 e. The molecule has 0 saturated heterocycles. The molecule has 2 nitrogen and oxygen atoms in total. The fourth-order valence-electron chi connectivity index (χ4n) is 2.31. The highest BCUT2D eigenvalue weighted by Crippen LogP contribution is 2.37. The van der Waals surface area contributed by atoms with E-state index < -0.39 is 0 Å². The Morgan fingerprint density at radius 2 is 1.57 bits per heavy atom. The van der Waals surface area contributed by atoms with Gasteiger partial charge >= 0.3 is 5.97 Å². The average Bonchev–Trinajstić information content (AvgIpc) is 2.55. The second kappa shape index (κ2) is 7.89. The Bertz CT molecular complexity index is 577. The SMILES string of the molecule is CC[SH](CC)c1ccccc1COC(=O)c1ccccc1. The van der Waals surface area contributed by atoms with E-state index in [2.05, 4.69) is 32.0 Å². The fourth-order valence-corrected chi connectivity index (χ4v) is 4.28. The molecule has 0 saturated carbocycles. The van der Waals surface area contributed by atoms with E-state index in [1.165, 1.54) is 4.90 Å². The van der Waals surface area contributed by atoms with Crippen molar-refractivity contribution in [3.05, 3.63) is 65.7 Å². The summed E-state index contributed by atoms with van der Waals surface area (Å²) in [5.74, 6) is 2.06. The molecule has 0 N–H and O–H groups in total. The summed E-state index contributed by atoms with van der Waals surface area (Å²) in [6, 6.07) is 17.4. The van der Waals surface area contributed by atoms with Gasteiger partial charge in [0.15, 0.2) is 0 Å². The van der Waals surface area contributed by atoms with Crippen LogP contribution >= 0.6 is 10.9 Å². The highest BCUT2D eigenvalue weighted by atomic mass is 32.2. The molecule has 2 rings (SSSR count). The zero-order chi connectivity index (χ0) is 15.1. The molecule has 0 aliphatic heterocycles. The Balaban J connectivity index is 2.08. The molecule has 0 aliphatic carbocycles. The lowest BCUT2D eigenvalue weighted by Crippen LogP contribution is -2.06. The van der Waals surface area contributed by atoms with E-state index in [1.54, 1.807) is 12.1 Å². The van der Waals surface area contributed by atoms with Crippen molar-refractivity contribution in [2.75, 3.05) is 11.5 Å². The number of hydrogen-bond acceptors (Lipinski definition) is 2. The molecule has 3 heteroatoms. The minimum atomic E-state index is -0.261. The van der Waals surface area contributed by atoms with Crippen molar-refractivity contribution in [1.82, 2.24) is 0 Å². The first-order valence-corrected chi connectivity index (χ1v) is 9.02. The van der Waals surface area contributed by atoms with Crippen LogP contribution < -0.4 is 0 Å². The first-order valence-electron chi connectivity index (χ1n) is 7.31. The number of rotatable bonds is 6. The van der Waals surface area contributed by atoms with E-state index in [0.29, 0.717) is 12.2 Å². The molecule has 0 bridgehead atoms. The molecule has 0 heterocycles. The predicted octanol–water partition coefficient (Wildman–Crippen LogP) is 4.44. The second-order valence-corrected chi connectivity index (χ2v) is 7.57. The predicted molar refractivity (Wildman–Crippen MR) is 90.3 cm³/mol. The minimum absolute atomic E-state index is 0.149. The molecular weight excluding hydrogens is 280 g/mol. The van der Waals surface area contributed by atoms with Crippen molar-refractivity contribution in [2.24, 2.45) is 0 Å². The van der Waals surface area contributed by atoms with Gasteiger partial charge in [-0.1, -0.05) is 50.2 Å². The highest BCUT2D eigenvalue weighted by molar-refractivity contribution is 8.17. The summed E-state index contributed by atoms with van der Waals surface area (Å²) in [4.78, 5) is 13.4. The molecule has 2 aromatic carbocycles. The molecular formula is C18H22O2S. The first-order chi connectivity index (χ1) is 10.3. The Morgan fingerprint density at radius 3 is 2.24 bits per heavy atom. The molecule has 0 unspecified atom stereocenters. The van der Waals surface area contributed by atoms with Crippen LogP contribution in [-0.4, -0.2) is 17.5 Å². The van der Waals surface area contributed by atoms with E-state index in [4.69, 9.17) is 4.74 Å². The minimum Gasteiger partial charge on any atom is -0.457 e. The van der Waals surface area contributed by atoms with Gasteiger partial charge in [0, 0.05) is 5.56 Å². The van der Waals surface area contributed by atoms with Crippen LogP contribution in [0.3, 0.4) is 0 Å². The van der Waals surface area contributed by atoms with Gasteiger partial charge in [-0.15, -0.1) is 0 Å². The summed E-state index contributed by atoms with van der Waals surface area (Å²) in [6.07, 6.45) is 0. The van der Waals surface area contributed by atoms with Gasteiger partial charge in [0.05, 0.1) is 5.56 Å². The number of ether oxygens (including phenoxy) is 1. The number of carbonyl (C=O) groups is 1. The van der Waals surface area contributed by atoms with E-state index in [1.807, 2.05) is 24.3 Å². The van der Waals surface area contributed by atoms with E-state index >= 15 is 0 Å². The largest absolute Gasteiger partial charge is 0.457 e. The summed E-state index contributed by atoms with van der Waals surface area (Å²) in [7, 11) is -0.149. The van der Waals surface area contributed by atoms with Crippen molar-refractivity contribution < 1.29 is 9.53 Å². The molecule has 0 aliphatic rings. The maximum Gasteiger partial charge on any atom is 0.338 e. The van der Waals surface area contributed by atoms with Crippen LogP contribution in [0, 0.1) is 0 Å². The molecule has 0 atom stereocenters. The van der Waals surface area contributed by atoms with Crippen molar-refractivity contribution >= 4 is 16.9 Å². The topological polar surface area (TPSA) is 26.3 Å². The van der Waals surface area contributed by atoms with Crippen LogP contribution in [0.1, 0.15) is 29.8 Å². The van der Waals surface area contributed by atoms with Crippen molar-refractivity contribution in [2.45, 2.75) is 25.3 Å². The van der Waals surface area contributed by atoms with Crippen molar-refractivity contribution in [1.29, 1.82) is 0 Å². The van der Waals surface area contributed by atoms with Crippen LogP contribution in [-0.2, 0) is 11.3 Å². The number of thiol groups is 1. The van der Waals surface area contributed by atoms with Crippen LogP contribution in [0.5, 0.6) is 0 Å². The van der Waals surface area contributed by atoms with Crippen LogP contribution in [0.15, 0.2) is 59.5 Å². The standard InChI is InChI=1S/C18H22O2S/c1-3-21(4-2)17-13-9-8-12-16(17)14-20-18(19)15-10-6-5-7-11-15/h5-13,21H,3-4,14H2,1-2H3. The summed E-state index contributed by atoms with van der Waals surface area (Å²) >= 11 is 0. The maximum absolute atomic E-state index is 12.0. The zero-order valence-electron chi connectivity index (χ0n) is 12.6. The average molecular weight is 302 g/mol.